The average Bonchev–Trinajstić information content (AvgIpc) is 3.36. The van der Waals surface area contributed by atoms with Crippen molar-refractivity contribution in [1.82, 2.24) is 25.5 Å². The van der Waals surface area contributed by atoms with Crippen LogP contribution in [-0.2, 0) is 6.54 Å². The number of aromatic nitrogens is 4. The van der Waals surface area contributed by atoms with Crippen LogP contribution in [0.1, 0.15) is 30.3 Å². The largest absolute Gasteiger partial charge is 0.451 e. The fraction of sp³-hybridized carbons (Fsp3) is 0.235. The Morgan fingerprint density at radius 2 is 2.17 bits per heavy atom. The molecule has 0 bridgehead atoms. The first-order chi connectivity index (χ1) is 14.0. The molecule has 12 heteroatoms. The van der Waals surface area contributed by atoms with Crippen LogP contribution in [0.5, 0.6) is 0 Å². The SMILES string of the molecule is CCCCn1nnc(NC(=S)NC(=O)c2ccc(-c3cccc([N+](=O)[O-])c3)o2)n1. The second-order valence-corrected chi connectivity index (χ2v) is 6.35. The van der Waals surface area contributed by atoms with E-state index in [1.807, 2.05) is 0 Å². The van der Waals surface area contributed by atoms with E-state index in [1.54, 1.807) is 12.1 Å². The molecule has 0 fully saturated rings. The van der Waals surface area contributed by atoms with Crippen molar-refractivity contribution in [3.05, 3.63) is 52.3 Å². The zero-order valence-electron chi connectivity index (χ0n) is 15.4. The number of carbonyl (C=O) groups is 1. The number of rotatable bonds is 7. The Balaban J connectivity index is 1.61. The van der Waals surface area contributed by atoms with Crippen molar-refractivity contribution in [2.45, 2.75) is 26.3 Å². The number of tetrazole rings is 1. The van der Waals surface area contributed by atoms with E-state index in [2.05, 4.69) is 33.0 Å². The van der Waals surface area contributed by atoms with Gasteiger partial charge in [0, 0.05) is 17.7 Å². The fourth-order valence-corrected chi connectivity index (χ4v) is 2.56. The van der Waals surface area contributed by atoms with Crippen molar-refractivity contribution in [1.29, 1.82) is 0 Å². The van der Waals surface area contributed by atoms with E-state index < -0.39 is 10.8 Å². The Kier molecular flexibility index (Phi) is 6.24. The van der Waals surface area contributed by atoms with Gasteiger partial charge in [-0.2, -0.15) is 4.80 Å². The van der Waals surface area contributed by atoms with Gasteiger partial charge in [-0.1, -0.05) is 30.6 Å². The maximum atomic E-state index is 12.3. The molecule has 0 saturated heterocycles. The van der Waals surface area contributed by atoms with Crippen LogP contribution in [0, 0.1) is 10.1 Å². The molecule has 0 aliphatic carbocycles. The minimum Gasteiger partial charge on any atom is -0.451 e. The summed E-state index contributed by atoms with van der Waals surface area (Å²) in [7, 11) is 0. The normalized spacial score (nSPS) is 10.5. The highest BCUT2D eigenvalue weighted by Gasteiger charge is 2.16. The van der Waals surface area contributed by atoms with Crippen molar-refractivity contribution < 1.29 is 14.1 Å². The van der Waals surface area contributed by atoms with Crippen LogP contribution in [0.4, 0.5) is 11.6 Å². The summed E-state index contributed by atoms with van der Waals surface area (Å²) in [5, 5.41) is 27.8. The molecule has 29 heavy (non-hydrogen) atoms. The van der Waals surface area contributed by atoms with Crippen LogP contribution >= 0.6 is 12.2 Å². The molecule has 1 aromatic carbocycles. The topological polar surface area (TPSA) is 141 Å². The van der Waals surface area contributed by atoms with Crippen molar-refractivity contribution in [2.75, 3.05) is 5.32 Å². The third-order valence-corrected chi connectivity index (χ3v) is 3.99. The van der Waals surface area contributed by atoms with Crippen molar-refractivity contribution in [3.63, 3.8) is 0 Å². The van der Waals surface area contributed by atoms with Gasteiger partial charge in [-0.3, -0.25) is 25.5 Å². The number of non-ortho nitro benzene ring substituents is 1. The highest BCUT2D eigenvalue weighted by atomic mass is 32.1. The van der Waals surface area contributed by atoms with Crippen LogP contribution in [0.15, 0.2) is 40.8 Å². The number of nitrogens with one attached hydrogen (secondary N) is 2. The minimum atomic E-state index is -0.586. The fourth-order valence-electron chi connectivity index (χ4n) is 2.37. The molecule has 11 nitrogen and oxygen atoms in total. The predicted molar refractivity (Wildman–Crippen MR) is 107 cm³/mol. The molecule has 0 spiro atoms. The van der Waals surface area contributed by atoms with Gasteiger partial charge >= 0.3 is 0 Å². The first-order valence-electron chi connectivity index (χ1n) is 8.71. The summed E-state index contributed by atoms with van der Waals surface area (Å²) in [4.78, 5) is 24.1. The third-order valence-electron chi connectivity index (χ3n) is 3.79. The number of anilines is 1. The first kappa shape index (κ1) is 20.1. The lowest BCUT2D eigenvalue weighted by Crippen LogP contribution is -2.34. The van der Waals surface area contributed by atoms with Gasteiger partial charge in [0.15, 0.2) is 10.9 Å². The molecule has 150 valence electrons. The van der Waals surface area contributed by atoms with E-state index >= 15 is 0 Å². The maximum absolute atomic E-state index is 12.3. The maximum Gasteiger partial charge on any atom is 0.293 e. The molecule has 2 aromatic heterocycles. The molecule has 0 aliphatic heterocycles. The number of unbranched alkanes of at least 4 members (excludes halogenated alkanes) is 1. The highest BCUT2D eigenvalue weighted by molar-refractivity contribution is 7.80. The van der Waals surface area contributed by atoms with Gasteiger partial charge in [-0.05, 0) is 36.0 Å². The molecule has 0 aliphatic rings. The lowest BCUT2D eigenvalue weighted by molar-refractivity contribution is -0.384. The molecule has 2 heterocycles. The second-order valence-electron chi connectivity index (χ2n) is 5.94. The summed E-state index contributed by atoms with van der Waals surface area (Å²) in [5.41, 5.74) is 0.404. The van der Waals surface area contributed by atoms with E-state index in [0.29, 0.717) is 17.9 Å². The number of aryl methyl sites for hydroxylation is 1. The summed E-state index contributed by atoms with van der Waals surface area (Å²) in [6, 6.07) is 8.91. The average molecular weight is 415 g/mol. The molecule has 0 saturated carbocycles. The van der Waals surface area contributed by atoms with Crippen LogP contribution in [0.2, 0.25) is 0 Å². The number of nitro groups is 1. The van der Waals surface area contributed by atoms with Gasteiger partial charge in [-0.15, -0.1) is 5.10 Å². The summed E-state index contributed by atoms with van der Waals surface area (Å²) in [5.74, 6) is -0.103. The molecule has 1 amide bonds. The molecule has 3 rings (SSSR count). The Morgan fingerprint density at radius 1 is 1.34 bits per heavy atom. The van der Waals surface area contributed by atoms with Gasteiger partial charge in [0.1, 0.15) is 5.76 Å². The zero-order valence-corrected chi connectivity index (χ0v) is 16.2. The van der Waals surface area contributed by atoms with E-state index in [9.17, 15) is 14.9 Å². The van der Waals surface area contributed by atoms with E-state index in [4.69, 9.17) is 16.6 Å². The monoisotopic (exact) mass is 415 g/mol. The summed E-state index contributed by atoms with van der Waals surface area (Å²) in [6.45, 7) is 2.69. The molecular formula is C17H17N7O4S. The molecule has 0 atom stereocenters. The summed E-state index contributed by atoms with van der Waals surface area (Å²) in [6.07, 6.45) is 1.92. The Bertz CT molecular complexity index is 1050. The van der Waals surface area contributed by atoms with Gasteiger partial charge in [0.2, 0.25) is 0 Å². The lowest BCUT2D eigenvalue weighted by atomic mass is 10.1. The standard InChI is InChI=1S/C17H17N7O4S/c1-2-3-9-23-21-16(20-22-23)19-17(29)18-15(25)14-8-7-13(28-14)11-5-4-6-12(10-11)24(26)27/h4-8,10H,2-3,9H2,1H3,(H2,18,19,21,25,29). The smallest absolute Gasteiger partial charge is 0.293 e. The predicted octanol–water partition coefficient (Wildman–Crippen LogP) is 2.77. The number of furan rings is 1. The minimum absolute atomic E-state index is 0.00443. The molecule has 2 N–H and O–H groups in total. The summed E-state index contributed by atoms with van der Waals surface area (Å²) < 4.78 is 5.50. The van der Waals surface area contributed by atoms with E-state index in [-0.39, 0.29) is 22.5 Å². The third kappa shape index (κ3) is 5.19. The van der Waals surface area contributed by atoms with E-state index in [1.165, 1.54) is 29.1 Å². The molecule has 0 radical (unpaired) electrons. The van der Waals surface area contributed by atoms with Crippen LogP contribution in [0.25, 0.3) is 11.3 Å². The number of amides is 1. The number of thiocarbonyl (C=S) groups is 1. The highest BCUT2D eigenvalue weighted by Crippen LogP contribution is 2.25. The van der Waals surface area contributed by atoms with Gasteiger partial charge in [0.25, 0.3) is 17.5 Å². The summed E-state index contributed by atoms with van der Waals surface area (Å²) >= 11 is 5.08. The zero-order chi connectivity index (χ0) is 20.8. The molecule has 3 aromatic rings. The molecule has 0 unspecified atom stereocenters. The van der Waals surface area contributed by atoms with Crippen molar-refractivity contribution >= 4 is 34.9 Å². The van der Waals surface area contributed by atoms with Crippen LogP contribution in [-0.4, -0.2) is 36.2 Å². The number of hydrogen-bond donors (Lipinski definition) is 2. The number of hydrogen-bond acceptors (Lipinski definition) is 8. The van der Waals surface area contributed by atoms with Crippen molar-refractivity contribution in [3.8, 4) is 11.3 Å². The van der Waals surface area contributed by atoms with Gasteiger partial charge in [-0.25, -0.2) is 0 Å². The quantitative estimate of drug-likeness (QED) is 0.338. The van der Waals surface area contributed by atoms with Crippen LogP contribution < -0.4 is 10.6 Å². The Hall–Kier alpha value is -3.67. The van der Waals surface area contributed by atoms with Crippen molar-refractivity contribution in [2.24, 2.45) is 0 Å². The number of nitrogens with zero attached hydrogens (tertiary/aromatic N) is 5. The second kappa shape index (κ2) is 9.01. The first-order valence-corrected chi connectivity index (χ1v) is 9.12. The Labute approximate surface area is 170 Å². The lowest BCUT2D eigenvalue weighted by Gasteiger charge is -2.04. The van der Waals surface area contributed by atoms with Gasteiger partial charge in [0.05, 0.1) is 11.5 Å². The number of benzene rings is 1. The number of nitro benzene ring substituents is 1. The Morgan fingerprint density at radius 3 is 2.93 bits per heavy atom. The molecular weight excluding hydrogens is 398 g/mol. The van der Waals surface area contributed by atoms with E-state index in [0.717, 1.165) is 12.8 Å². The number of carbonyl (C=O) groups excluding carboxylic acids is 1. The van der Waals surface area contributed by atoms with Crippen LogP contribution in [0.3, 0.4) is 0 Å². The van der Waals surface area contributed by atoms with Gasteiger partial charge < -0.3 is 4.42 Å².